The number of carbonyl (C=O) groups is 1. The van der Waals surface area contributed by atoms with Gasteiger partial charge in [-0.25, -0.2) is 13.6 Å². The van der Waals surface area contributed by atoms with Gasteiger partial charge in [-0.2, -0.15) is 4.98 Å². The number of rotatable bonds is 8. The number of aromatic hydroxyl groups is 1. The first-order chi connectivity index (χ1) is 19.0. The first kappa shape index (κ1) is 26.9. The van der Waals surface area contributed by atoms with Gasteiger partial charge in [0.25, 0.3) is 0 Å². The number of nitrogens with zero attached hydrogens (tertiary/aromatic N) is 3. The van der Waals surface area contributed by atoms with Gasteiger partial charge in [-0.15, -0.1) is 0 Å². The van der Waals surface area contributed by atoms with Gasteiger partial charge < -0.3 is 24.0 Å². The van der Waals surface area contributed by atoms with Crippen LogP contribution in [0.1, 0.15) is 48.0 Å². The molecule has 0 bridgehead atoms. The Morgan fingerprint density at radius 3 is 2.45 bits per heavy atom. The van der Waals surface area contributed by atoms with Gasteiger partial charge in [0.05, 0.1) is 23.6 Å². The lowest BCUT2D eigenvalue weighted by Crippen LogP contribution is -2.23. The van der Waals surface area contributed by atoms with Gasteiger partial charge in [-0.3, -0.25) is 0 Å². The van der Waals surface area contributed by atoms with E-state index >= 15 is 0 Å². The summed E-state index contributed by atoms with van der Waals surface area (Å²) in [4.78, 5) is 15.8. The number of benzene rings is 3. The molecule has 2 N–H and O–H groups in total. The van der Waals surface area contributed by atoms with Crippen LogP contribution in [-0.2, 0) is 11.8 Å². The zero-order chi connectivity index (χ0) is 28.8. The average molecular weight is 548 g/mol. The molecule has 2 heterocycles. The number of carboxylic acids is 1. The van der Waals surface area contributed by atoms with E-state index in [-0.39, 0.29) is 17.1 Å². The zero-order valence-corrected chi connectivity index (χ0v) is 22.3. The van der Waals surface area contributed by atoms with E-state index in [4.69, 9.17) is 9.26 Å². The van der Waals surface area contributed by atoms with Crippen molar-refractivity contribution in [2.75, 3.05) is 7.11 Å². The predicted octanol–water partition coefficient (Wildman–Crippen LogP) is 6.59. The number of ether oxygens (including phenoxy) is 1. The Hall–Kier alpha value is -4.73. The Morgan fingerprint density at radius 2 is 1.82 bits per heavy atom. The Kier molecular flexibility index (Phi) is 6.79. The third-order valence-electron chi connectivity index (χ3n) is 7.01. The molecule has 5 aromatic rings. The second-order valence-electron chi connectivity index (χ2n) is 10.2. The molecule has 0 atom stereocenters. The molecule has 40 heavy (non-hydrogen) atoms. The van der Waals surface area contributed by atoms with Crippen LogP contribution >= 0.6 is 0 Å². The van der Waals surface area contributed by atoms with Gasteiger partial charge in [0.2, 0.25) is 5.89 Å². The van der Waals surface area contributed by atoms with Crippen LogP contribution < -0.4 is 4.74 Å². The highest BCUT2D eigenvalue weighted by atomic mass is 19.1. The summed E-state index contributed by atoms with van der Waals surface area (Å²) in [7, 11) is 1.36. The molecule has 3 aromatic carbocycles. The number of aromatic nitrogens is 3. The van der Waals surface area contributed by atoms with Crippen molar-refractivity contribution in [1.29, 1.82) is 0 Å². The third kappa shape index (κ3) is 4.76. The summed E-state index contributed by atoms with van der Waals surface area (Å²) in [6, 6.07) is 12.9. The smallest absolute Gasteiger partial charge is 0.335 e. The molecular formula is C30H27F2N3O5. The van der Waals surface area contributed by atoms with Crippen LogP contribution in [0.25, 0.3) is 27.7 Å². The number of fused-ring (bicyclic) bond motifs is 1. The largest absolute Gasteiger partial charge is 0.507 e. The molecule has 8 nitrogen and oxygen atoms in total. The van der Waals surface area contributed by atoms with Crippen molar-refractivity contribution < 1.29 is 33.0 Å². The molecule has 0 saturated carbocycles. The molecule has 10 heteroatoms. The van der Waals surface area contributed by atoms with Crippen molar-refractivity contribution >= 4 is 16.9 Å². The molecule has 0 radical (unpaired) electrons. The lowest BCUT2D eigenvalue weighted by molar-refractivity contribution is 0.0697. The maximum Gasteiger partial charge on any atom is 0.335 e. The summed E-state index contributed by atoms with van der Waals surface area (Å²) in [5.41, 5.74) is 2.14. The highest BCUT2D eigenvalue weighted by Gasteiger charge is 2.34. The first-order valence-electron chi connectivity index (χ1n) is 12.5. The van der Waals surface area contributed by atoms with E-state index in [1.54, 1.807) is 29.7 Å². The molecule has 0 aliphatic carbocycles. The van der Waals surface area contributed by atoms with Gasteiger partial charge in [-0.1, -0.05) is 31.1 Å². The van der Waals surface area contributed by atoms with E-state index in [1.165, 1.54) is 37.4 Å². The topological polar surface area (TPSA) is 111 Å². The number of phenols is 1. The van der Waals surface area contributed by atoms with Crippen molar-refractivity contribution in [3.05, 3.63) is 89.2 Å². The number of phenolic OH excluding ortho intramolecular Hbond substituents is 1. The van der Waals surface area contributed by atoms with E-state index in [0.717, 1.165) is 6.07 Å². The fourth-order valence-electron chi connectivity index (χ4n) is 5.10. The van der Waals surface area contributed by atoms with Gasteiger partial charge >= 0.3 is 5.97 Å². The van der Waals surface area contributed by atoms with Crippen LogP contribution in [0.5, 0.6) is 11.5 Å². The minimum atomic E-state index is -1.08. The summed E-state index contributed by atoms with van der Waals surface area (Å²) >= 11 is 0. The molecule has 0 fully saturated rings. The molecular weight excluding hydrogens is 520 g/mol. The first-order valence-corrected chi connectivity index (χ1v) is 12.5. The van der Waals surface area contributed by atoms with E-state index in [0.29, 0.717) is 58.0 Å². The van der Waals surface area contributed by atoms with Crippen molar-refractivity contribution in [3.63, 3.8) is 0 Å². The van der Waals surface area contributed by atoms with E-state index < -0.39 is 23.0 Å². The summed E-state index contributed by atoms with van der Waals surface area (Å²) in [6.45, 7) is 5.69. The molecule has 0 amide bonds. The maximum absolute atomic E-state index is 14.8. The summed E-state index contributed by atoms with van der Waals surface area (Å²) in [5.74, 6) is -1.61. The van der Waals surface area contributed by atoms with Gasteiger partial charge in [0.1, 0.15) is 11.6 Å². The SMILES string of the molecule is COc1cc(-n2c(C(C)(C)CCc3noc(C)n3)c(-c3ccc(C(=O)O)cc3)c3c(O)cc(F)cc32)ccc1F. The fraction of sp³-hybridized carbons (Fsp3) is 0.233. The van der Waals surface area contributed by atoms with E-state index in [2.05, 4.69) is 10.1 Å². The molecule has 0 aliphatic rings. The van der Waals surface area contributed by atoms with Crippen LogP contribution in [-0.4, -0.2) is 38.0 Å². The highest BCUT2D eigenvalue weighted by Crippen LogP contribution is 2.47. The lowest BCUT2D eigenvalue weighted by Gasteiger charge is -2.29. The van der Waals surface area contributed by atoms with Crippen LogP contribution in [0, 0.1) is 18.6 Å². The standard InChI is InChI=1S/C30H27F2N3O5/c1-16-33-25(34-40-16)11-12-30(2,3)28-26(17-5-7-18(8-6-17)29(37)38)27-22(13-19(31)14-23(27)36)35(28)20-9-10-21(32)24(15-20)39-4/h5-10,13-15,36H,11-12H2,1-4H3,(H,37,38). The molecule has 0 spiro atoms. The van der Waals surface area contributed by atoms with Crippen molar-refractivity contribution in [1.82, 2.24) is 14.7 Å². The highest BCUT2D eigenvalue weighted by molar-refractivity contribution is 6.04. The number of aryl methyl sites for hydroxylation is 2. The van der Waals surface area contributed by atoms with Crippen LogP contribution in [0.15, 0.2) is 59.1 Å². The second kappa shape index (κ2) is 10.1. The molecule has 2 aromatic heterocycles. The number of halogens is 2. The van der Waals surface area contributed by atoms with Crippen molar-refractivity contribution in [3.8, 4) is 28.3 Å². The monoisotopic (exact) mass is 547 g/mol. The van der Waals surface area contributed by atoms with Crippen molar-refractivity contribution in [2.24, 2.45) is 0 Å². The maximum atomic E-state index is 14.8. The quantitative estimate of drug-likeness (QED) is 0.225. The Bertz CT molecular complexity index is 1740. The molecule has 0 saturated heterocycles. The summed E-state index contributed by atoms with van der Waals surface area (Å²) in [5, 5.41) is 24.9. The minimum absolute atomic E-state index is 0.00151. The predicted molar refractivity (Wildman–Crippen MR) is 144 cm³/mol. The van der Waals surface area contributed by atoms with Crippen molar-refractivity contribution in [2.45, 2.75) is 39.0 Å². The average Bonchev–Trinajstić information content (AvgIpc) is 3.49. The number of methoxy groups -OCH3 is 1. The normalized spacial score (nSPS) is 11.8. The Balaban J connectivity index is 1.84. The zero-order valence-electron chi connectivity index (χ0n) is 22.3. The van der Waals surface area contributed by atoms with Gasteiger partial charge in [0.15, 0.2) is 17.4 Å². The minimum Gasteiger partial charge on any atom is -0.507 e. The molecule has 0 aliphatic heterocycles. The number of aromatic carboxylic acids is 1. The lowest BCUT2D eigenvalue weighted by atomic mass is 9.80. The second-order valence-corrected chi connectivity index (χ2v) is 10.2. The van der Waals surface area contributed by atoms with Crippen LogP contribution in [0.4, 0.5) is 8.78 Å². The number of hydrogen-bond acceptors (Lipinski definition) is 6. The van der Waals surface area contributed by atoms with Gasteiger partial charge in [-0.05, 0) is 42.3 Å². The summed E-state index contributed by atoms with van der Waals surface area (Å²) < 4.78 is 41.4. The molecule has 206 valence electrons. The number of carboxylic acid groups (broad SMARTS) is 1. The van der Waals surface area contributed by atoms with Gasteiger partial charge in [0, 0.05) is 47.8 Å². The Labute approximate surface area is 228 Å². The Morgan fingerprint density at radius 1 is 1.10 bits per heavy atom. The fourth-order valence-corrected chi connectivity index (χ4v) is 5.10. The third-order valence-corrected chi connectivity index (χ3v) is 7.01. The van der Waals surface area contributed by atoms with E-state index in [1.807, 2.05) is 13.8 Å². The molecule has 0 unspecified atom stereocenters. The van der Waals surface area contributed by atoms with Crippen LogP contribution in [0.2, 0.25) is 0 Å². The molecule has 5 rings (SSSR count). The van der Waals surface area contributed by atoms with Crippen LogP contribution in [0.3, 0.4) is 0 Å². The summed E-state index contributed by atoms with van der Waals surface area (Å²) in [6.07, 6.45) is 0.973. The number of hydrogen-bond donors (Lipinski definition) is 2. The van der Waals surface area contributed by atoms with E-state index in [9.17, 15) is 23.8 Å².